The average molecular weight is 414 g/mol. The smallest absolute Gasteiger partial charge is 0.404 e. The second-order valence-electron chi connectivity index (χ2n) is 6.08. The Morgan fingerprint density at radius 2 is 1.59 bits per heavy atom. The molecule has 29 heavy (non-hydrogen) atoms. The minimum Gasteiger partial charge on any atom is -0.404 e. The van der Waals surface area contributed by atoms with Crippen molar-refractivity contribution < 1.29 is 35.9 Å². The van der Waals surface area contributed by atoms with Crippen LogP contribution in [0.2, 0.25) is 0 Å². The first-order chi connectivity index (χ1) is 13.4. The Hall–Kier alpha value is -3.30. The van der Waals surface area contributed by atoms with Crippen LogP contribution in [0.25, 0.3) is 5.69 Å². The fraction of sp³-hybridized carbons (Fsp3) is 0.158. The van der Waals surface area contributed by atoms with Gasteiger partial charge in [-0.3, -0.25) is 0 Å². The van der Waals surface area contributed by atoms with Crippen molar-refractivity contribution in [2.24, 2.45) is 0 Å². The summed E-state index contributed by atoms with van der Waals surface area (Å²) in [5.41, 5.74) is -1.86. The average Bonchev–Trinajstić information content (AvgIpc) is 3.06. The van der Waals surface area contributed by atoms with Gasteiger partial charge in [-0.05, 0) is 37.3 Å². The van der Waals surface area contributed by atoms with Gasteiger partial charge >= 0.3 is 18.3 Å². The lowest BCUT2D eigenvalue weighted by Crippen LogP contribution is -2.13. The lowest BCUT2D eigenvalue weighted by atomic mass is 10.1. The molecule has 0 aliphatic heterocycles. The molecule has 0 spiro atoms. The first-order valence-electron chi connectivity index (χ1n) is 8.09. The Labute approximate surface area is 160 Å². The van der Waals surface area contributed by atoms with Crippen LogP contribution in [0.3, 0.4) is 0 Å². The van der Waals surface area contributed by atoms with Crippen LogP contribution in [0.1, 0.15) is 27.2 Å². The van der Waals surface area contributed by atoms with E-state index >= 15 is 0 Å². The van der Waals surface area contributed by atoms with E-state index in [-0.39, 0.29) is 5.69 Å². The van der Waals surface area contributed by atoms with Gasteiger partial charge in [0.25, 0.3) is 0 Å². The van der Waals surface area contributed by atoms with E-state index in [1.54, 1.807) is 19.1 Å². The van der Waals surface area contributed by atoms with Crippen LogP contribution in [0.15, 0.2) is 54.6 Å². The van der Waals surface area contributed by atoms with Crippen LogP contribution in [-0.4, -0.2) is 15.7 Å². The van der Waals surface area contributed by atoms with E-state index in [4.69, 9.17) is 4.74 Å². The maximum atomic E-state index is 13.1. The third kappa shape index (κ3) is 4.58. The number of rotatable bonds is 3. The highest BCUT2D eigenvalue weighted by Crippen LogP contribution is 2.33. The van der Waals surface area contributed by atoms with Crippen LogP contribution < -0.4 is 4.74 Å². The van der Waals surface area contributed by atoms with Crippen LogP contribution in [0.4, 0.5) is 26.3 Å². The molecule has 0 fully saturated rings. The molecule has 0 bridgehead atoms. The SMILES string of the molecule is Cc1ccc(-n2nc(C(F)(F)F)cc2OC(=O)c2cccc(C(F)(F)F)c2)cc1. The third-order valence-electron chi connectivity index (χ3n) is 3.87. The summed E-state index contributed by atoms with van der Waals surface area (Å²) in [7, 11) is 0. The molecule has 0 saturated carbocycles. The number of hydrogen-bond donors (Lipinski definition) is 0. The summed E-state index contributed by atoms with van der Waals surface area (Å²) < 4.78 is 83.4. The molecule has 10 heteroatoms. The number of halogens is 6. The minimum atomic E-state index is -4.81. The molecular weight excluding hydrogens is 402 g/mol. The summed E-state index contributed by atoms with van der Waals surface area (Å²) in [6, 6.07) is 10.0. The maximum absolute atomic E-state index is 13.1. The topological polar surface area (TPSA) is 44.1 Å². The quantitative estimate of drug-likeness (QED) is 0.424. The van der Waals surface area contributed by atoms with E-state index in [2.05, 4.69) is 5.10 Å². The first kappa shape index (κ1) is 20.4. The zero-order valence-electron chi connectivity index (χ0n) is 14.7. The largest absolute Gasteiger partial charge is 0.435 e. The molecule has 3 rings (SSSR count). The van der Waals surface area contributed by atoms with E-state index in [1.165, 1.54) is 12.1 Å². The Morgan fingerprint density at radius 3 is 2.17 bits per heavy atom. The van der Waals surface area contributed by atoms with Gasteiger partial charge in [0.05, 0.1) is 16.8 Å². The third-order valence-corrected chi connectivity index (χ3v) is 3.87. The number of hydrogen-bond acceptors (Lipinski definition) is 3. The first-order valence-corrected chi connectivity index (χ1v) is 8.09. The molecule has 0 atom stereocenters. The van der Waals surface area contributed by atoms with Gasteiger partial charge in [-0.25, -0.2) is 9.48 Å². The van der Waals surface area contributed by atoms with Crippen molar-refractivity contribution in [3.63, 3.8) is 0 Å². The highest BCUT2D eigenvalue weighted by molar-refractivity contribution is 5.91. The van der Waals surface area contributed by atoms with Gasteiger partial charge in [0.2, 0.25) is 5.88 Å². The molecule has 0 unspecified atom stereocenters. The Morgan fingerprint density at radius 1 is 0.931 bits per heavy atom. The number of esters is 1. The van der Waals surface area contributed by atoms with Crippen molar-refractivity contribution in [1.82, 2.24) is 9.78 Å². The highest BCUT2D eigenvalue weighted by Gasteiger charge is 2.36. The molecular formula is C19H12F6N2O2. The summed E-state index contributed by atoms with van der Waals surface area (Å²) in [5, 5.41) is 3.42. The Balaban J connectivity index is 1.99. The summed E-state index contributed by atoms with van der Waals surface area (Å²) in [6.07, 6.45) is -9.50. The van der Waals surface area contributed by atoms with Gasteiger partial charge in [0.1, 0.15) is 0 Å². The number of aromatic nitrogens is 2. The monoisotopic (exact) mass is 414 g/mol. The van der Waals surface area contributed by atoms with E-state index in [9.17, 15) is 31.1 Å². The van der Waals surface area contributed by atoms with Gasteiger partial charge < -0.3 is 4.74 Å². The van der Waals surface area contributed by atoms with Gasteiger partial charge in [-0.15, -0.1) is 0 Å². The number of alkyl halides is 6. The molecule has 0 amide bonds. The van der Waals surface area contributed by atoms with Crippen LogP contribution in [-0.2, 0) is 12.4 Å². The van der Waals surface area contributed by atoms with Crippen molar-refractivity contribution in [2.75, 3.05) is 0 Å². The van der Waals surface area contributed by atoms with Crippen LogP contribution >= 0.6 is 0 Å². The van der Waals surface area contributed by atoms with Gasteiger partial charge in [-0.2, -0.15) is 31.4 Å². The number of aryl methyl sites for hydroxylation is 1. The molecule has 0 aliphatic rings. The molecule has 0 aliphatic carbocycles. The molecule has 0 radical (unpaired) electrons. The van der Waals surface area contributed by atoms with Crippen LogP contribution in [0.5, 0.6) is 5.88 Å². The second kappa shape index (κ2) is 7.26. The summed E-state index contributed by atoms with van der Waals surface area (Å²) in [6.45, 7) is 1.77. The van der Waals surface area contributed by atoms with E-state index in [0.717, 1.165) is 28.4 Å². The summed E-state index contributed by atoms with van der Waals surface area (Å²) >= 11 is 0. The lowest BCUT2D eigenvalue weighted by Gasteiger charge is -2.10. The minimum absolute atomic E-state index is 0.179. The Bertz CT molecular complexity index is 1040. The number of ether oxygens (including phenoxy) is 1. The lowest BCUT2D eigenvalue weighted by molar-refractivity contribution is -0.141. The van der Waals surface area contributed by atoms with E-state index in [0.29, 0.717) is 12.1 Å². The van der Waals surface area contributed by atoms with Crippen molar-refractivity contribution in [2.45, 2.75) is 19.3 Å². The van der Waals surface area contributed by atoms with Crippen molar-refractivity contribution >= 4 is 5.97 Å². The fourth-order valence-electron chi connectivity index (χ4n) is 2.42. The molecule has 2 aromatic carbocycles. The van der Waals surface area contributed by atoms with Crippen molar-refractivity contribution in [3.05, 3.63) is 77.0 Å². The normalized spacial score (nSPS) is 12.1. The molecule has 0 saturated heterocycles. The Kier molecular flexibility index (Phi) is 5.12. The molecule has 0 N–H and O–H groups in total. The predicted molar refractivity (Wildman–Crippen MR) is 89.7 cm³/mol. The zero-order chi connectivity index (χ0) is 21.4. The number of carbonyl (C=O) groups is 1. The zero-order valence-corrected chi connectivity index (χ0v) is 14.7. The number of benzene rings is 2. The van der Waals surface area contributed by atoms with Gasteiger partial charge in [-0.1, -0.05) is 23.8 Å². The second-order valence-corrected chi connectivity index (χ2v) is 6.08. The standard InChI is InChI=1S/C19H12F6N2O2/c1-11-5-7-14(8-6-11)27-16(10-15(26-27)19(23,24)25)29-17(28)12-3-2-4-13(9-12)18(20,21)22/h2-10H,1H3. The molecule has 4 nitrogen and oxygen atoms in total. The molecule has 1 aromatic heterocycles. The number of carbonyl (C=O) groups excluding carboxylic acids is 1. The van der Waals surface area contributed by atoms with Crippen molar-refractivity contribution in [1.29, 1.82) is 0 Å². The van der Waals surface area contributed by atoms with Crippen molar-refractivity contribution in [3.8, 4) is 11.6 Å². The highest BCUT2D eigenvalue weighted by atomic mass is 19.4. The fourth-order valence-corrected chi connectivity index (χ4v) is 2.42. The van der Waals surface area contributed by atoms with Crippen LogP contribution in [0, 0.1) is 6.92 Å². The van der Waals surface area contributed by atoms with E-state index < -0.39 is 41.0 Å². The summed E-state index contributed by atoms with van der Waals surface area (Å²) in [4.78, 5) is 12.3. The molecule has 3 aromatic rings. The summed E-state index contributed by atoms with van der Waals surface area (Å²) in [5.74, 6) is -1.83. The molecule has 152 valence electrons. The maximum Gasteiger partial charge on any atom is 0.435 e. The number of nitrogens with zero attached hydrogens (tertiary/aromatic N) is 2. The van der Waals surface area contributed by atoms with Gasteiger partial charge in [0, 0.05) is 6.07 Å². The predicted octanol–water partition coefficient (Wildman–Crippen LogP) is 5.44. The van der Waals surface area contributed by atoms with Gasteiger partial charge in [0.15, 0.2) is 5.69 Å². The van der Waals surface area contributed by atoms with E-state index in [1.807, 2.05) is 0 Å². The molecule has 1 heterocycles.